The molecule has 1 unspecified atom stereocenters. The Balaban J connectivity index is 1.18. The number of anilines is 1. The normalized spacial score (nSPS) is 22.6. The highest BCUT2D eigenvalue weighted by Gasteiger charge is 2.33. The predicted octanol–water partition coefficient (Wildman–Crippen LogP) is 4.96. The summed E-state index contributed by atoms with van der Waals surface area (Å²) in [5.74, 6) is 2.19. The molecule has 1 atom stereocenters. The molecule has 6 heteroatoms. The van der Waals surface area contributed by atoms with Gasteiger partial charge in [0, 0.05) is 50.9 Å². The molecule has 0 aromatic heterocycles. The van der Waals surface area contributed by atoms with Crippen LogP contribution in [0.15, 0.2) is 72.2 Å². The maximum Gasteiger partial charge on any atom is 0.231 e. The summed E-state index contributed by atoms with van der Waals surface area (Å²) in [6.45, 7) is 8.80. The average Bonchev–Trinajstić information content (AvgIpc) is 2.89. The molecule has 1 aromatic carbocycles. The molecule has 1 amide bonds. The molecule has 0 saturated carbocycles. The monoisotopic (exact) mass is 475 g/mol. The van der Waals surface area contributed by atoms with E-state index in [0.717, 1.165) is 75.7 Å². The molecule has 4 aliphatic rings. The van der Waals surface area contributed by atoms with Crippen molar-refractivity contribution in [3.63, 3.8) is 0 Å². The first kappa shape index (κ1) is 23.7. The van der Waals surface area contributed by atoms with Gasteiger partial charge in [-0.05, 0) is 48.8 Å². The Kier molecular flexibility index (Phi) is 7.28. The predicted molar refractivity (Wildman–Crippen MR) is 138 cm³/mol. The SMILES string of the molecule is CC(C)CC(=O)N1c2ccccc2CCC1CN1CCN(C2=COC(C3=CC=CCC3)=CO2)CC1. The smallest absolute Gasteiger partial charge is 0.231 e. The minimum atomic E-state index is 0.222. The van der Waals surface area contributed by atoms with E-state index in [1.54, 1.807) is 12.5 Å². The highest BCUT2D eigenvalue weighted by molar-refractivity contribution is 5.95. The number of nitrogens with zero attached hydrogens (tertiary/aromatic N) is 3. The summed E-state index contributed by atoms with van der Waals surface area (Å²) in [5, 5.41) is 0. The quantitative estimate of drug-likeness (QED) is 0.582. The second-order valence-corrected chi connectivity index (χ2v) is 10.3. The van der Waals surface area contributed by atoms with E-state index >= 15 is 0 Å². The molecule has 0 bridgehead atoms. The summed E-state index contributed by atoms with van der Waals surface area (Å²) >= 11 is 0. The molecule has 3 aliphatic heterocycles. The van der Waals surface area contributed by atoms with E-state index < -0.39 is 0 Å². The first-order chi connectivity index (χ1) is 17.1. The number of carbonyl (C=O) groups is 1. The lowest BCUT2D eigenvalue weighted by atomic mass is 9.94. The van der Waals surface area contributed by atoms with Gasteiger partial charge in [0.15, 0.2) is 12.0 Å². The van der Waals surface area contributed by atoms with Crippen LogP contribution < -0.4 is 4.90 Å². The fourth-order valence-corrected chi connectivity index (χ4v) is 5.40. The van der Waals surface area contributed by atoms with Crippen LogP contribution in [0.1, 0.15) is 45.1 Å². The molecule has 1 aliphatic carbocycles. The Morgan fingerprint density at radius 3 is 2.60 bits per heavy atom. The molecule has 0 N–H and O–H groups in total. The number of allylic oxidation sites excluding steroid dienone is 4. The zero-order valence-electron chi connectivity index (χ0n) is 21.0. The summed E-state index contributed by atoms with van der Waals surface area (Å²) in [6, 6.07) is 8.64. The first-order valence-electron chi connectivity index (χ1n) is 13.1. The van der Waals surface area contributed by atoms with Crippen LogP contribution in [0.3, 0.4) is 0 Å². The van der Waals surface area contributed by atoms with Crippen molar-refractivity contribution in [2.75, 3.05) is 37.6 Å². The van der Waals surface area contributed by atoms with Crippen LogP contribution in [-0.4, -0.2) is 54.5 Å². The molecule has 5 rings (SSSR count). The molecule has 1 saturated heterocycles. The Labute approximate surface area is 209 Å². The van der Waals surface area contributed by atoms with Crippen molar-refractivity contribution in [2.24, 2.45) is 5.92 Å². The van der Waals surface area contributed by atoms with Crippen molar-refractivity contribution in [2.45, 2.75) is 52.0 Å². The Hall–Kier alpha value is -2.99. The largest absolute Gasteiger partial charge is 0.456 e. The van der Waals surface area contributed by atoms with Gasteiger partial charge in [0.25, 0.3) is 0 Å². The standard InChI is InChI=1S/C29H37N3O3/c1-22(2)18-28(33)32-25(13-12-23-8-6-7-11-26(23)32)19-30-14-16-31(17-15-30)29-21-34-27(20-35-29)24-9-4-3-5-10-24/h3-4,6-9,11,20-22,25H,5,10,12-19H2,1-2H3. The molecule has 6 nitrogen and oxygen atoms in total. The number of ether oxygens (including phenoxy) is 2. The number of amides is 1. The van der Waals surface area contributed by atoms with Crippen LogP contribution in [0.4, 0.5) is 5.69 Å². The van der Waals surface area contributed by atoms with E-state index in [1.165, 1.54) is 11.1 Å². The van der Waals surface area contributed by atoms with E-state index in [1.807, 2.05) is 0 Å². The van der Waals surface area contributed by atoms with E-state index in [9.17, 15) is 4.79 Å². The van der Waals surface area contributed by atoms with Gasteiger partial charge in [-0.15, -0.1) is 0 Å². The van der Waals surface area contributed by atoms with Crippen molar-refractivity contribution >= 4 is 11.6 Å². The molecule has 0 radical (unpaired) electrons. The van der Waals surface area contributed by atoms with Gasteiger partial charge in [-0.1, -0.05) is 50.3 Å². The molecular weight excluding hydrogens is 438 g/mol. The van der Waals surface area contributed by atoms with Crippen LogP contribution in [0.5, 0.6) is 0 Å². The lowest BCUT2D eigenvalue weighted by Gasteiger charge is -2.42. The Bertz CT molecular complexity index is 1050. The second kappa shape index (κ2) is 10.7. The van der Waals surface area contributed by atoms with Gasteiger partial charge in [0.1, 0.15) is 6.26 Å². The topological polar surface area (TPSA) is 45.3 Å². The van der Waals surface area contributed by atoms with Gasteiger partial charge in [0.2, 0.25) is 11.8 Å². The maximum atomic E-state index is 13.3. The number of rotatable bonds is 6. The molecule has 1 fully saturated rings. The number of hydrogen-bond donors (Lipinski definition) is 0. The van der Waals surface area contributed by atoms with Gasteiger partial charge in [-0.3, -0.25) is 9.69 Å². The second-order valence-electron chi connectivity index (χ2n) is 10.3. The zero-order valence-corrected chi connectivity index (χ0v) is 21.0. The molecule has 1 aromatic rings. The lowest BCUT2D eigenvalue weighted by Crippen LogP contribution is -2.54. The van der Waals surface area contributed by atoms with E-state index in [4.69, 9.17) is 9.47 Å². The highest BCUT2D eigenvalue weighted by atomic mass is 16.6. The number of carbonyl (C=O) groups excluding carboxylic acids is 1. The van der Waals surface area contributed by atoms with Crippen LogP contribution in [-0.2, 0) is 20.7 Å². The fraction of sp³-hybridized carbons (Fsp3) is 0.483. The molecular formula is C29H37N3O3. The van der Waals surface area contributed by atoms with E-state index in [2.05, 4.69) is 71.0 Å². The van der Waals surface area contributed by atoms with E-state index in [0.29, 0.717) is 12.3 Å². The Morgan fingerprint density at radius 2 is 1.89 bits per heavy atom. The fourth-order valence-electron chi connectivity index (χ4n) is 5.40. The molecule has 3 heterocycles. The van der Waals surface area contributed by atoms with Crippen molar-refractivity contribution in [3.05, 3.63) is 77.8 Å². The zero-order chi connectivity index (χ0) is 24.2. The highest BCUT2D eigenvalue weighted by Crippen LogP contribution is 2.32. The number of fused-ring (bicyclic) bond motifs is 1. The molecule has 0 spiro atoms. The first-order valence-corrected chi connectivity index (χ1v) is 13.1. The minimum Gasteiger partial charge on any atom is -0.456 e. The average molecular weight is 476 g/mol. The third-order valence-electron chi connectivity index (χ3n) is 7.27. The lowest BCUT2D eigenvalue weighted by molar-refractivity contribution is -0.120. The number of aryl methyl sites for hydroxylation is 1. The summed E-state index contributed by atoms with van der Waals surface area (Å²) in [6.07, 6.45) is 14.5. The van der Waals surface area contributed by atoms with Gasteiger partial charge in [-0.25, -0.2) is 0 Å². The minimum absolute atomic E-state index is 0.222. The Morgan fingerprint density at radius 1 is 1.06 bits per heavy atom. The summed E-state index contributed by atoms with van der Waals surface area (Å²) < 4.78 is 11.9. The van der Waals surface area contributed by atoms with Crippen LogP contribution in [0.25, 0.3) is 0 Å². The van der Waals surface area contributed by atoms with Crippen molar-refractivity contribution in [1.82, 2.24) is 9.80 Å². The van der Waals surface area contributed by atoms with Gasteiger partial charge in [0.05, 0.1) is 0 Å². The van der Waals surface area contributed by atoms with Gasteiger partial charge in [-0.2, -0.15) is 0 Å². The summed E-state index contributed by atoms with van der Waals surface area (Å²) in [7, 11) is 0. The number of hydrogen-bond acceptors (Lipinski definition) is 5. The molecule has 35 heavy (non-hydrogen) atoms. The maximum absolute atomic E-state index is 13.3. The van der Waals surface area contributed by atoms with Crippen molar-refractivity contribution in [3.8, 4) is 0 Å². The van der Waals surface area contributed by atoms with Gasteiger partial charge < -0.3 is 19.3 Å². The van der Waals surface area contributed by atoms with E-state index in [-0.39, 0.29) is 11.9 Å². The summed E-state index contributed by atoms with van der Waals surface area (Å²) in [5.41, 5.74) is 3.58. The number of benzene rings is 1. The molecule has 186 valence electrons. The number of para-hydroxylation sites is 1. The summed E-state index contributed by atoms with van der Waals surface area (Å²) in [4.78, 5) is 20.1. The third kappa shape index (κ3) is 5.48. The van der Waals surface area contributed by atoms with Crippen molar-refractivity contribution in [1.29, 1.82) is 0 Å². The van der Waals surface area contributed by atoms with Crippen LogP contribution in [0, 0.1) is 5.92 Å². The van der Waals surface area contributed by atoms with Crippen LogP contribution in [0.2, 0.25) is 0 Å². The van der Waals surface area contributed by atoms with Crippen molar-refractivity contribution < 1.29 is 14.3 Å². The third-order valence-corrected chi connectivity index (χ3v) is 7.27. The van der Waals surface area contributed by atoms with Gasteiger partial charge >= 0.3 is 0 Å². The number of piperazine rings is 1. The van der Waals surface area contributed by atoms with Crippen LogP contribution >= 0.6 is 0 Å².